The highest BCUT2D eigenvalue weighted by molar-refractivity contribution is 7.47. The fraction of sp³-hybridized carbons (Fsp3) is 0.949. The molecular formula is C78H152O17P2. The van der Waals surface area contributed by atoms with Crippen LogP contribution in [0.15, 0.2) is 0 Å². The lowest BCUT2D eigenvalue weighted by molar-refractivity contribution is -0.161. The summed E-state index contributed by atoms with van der Waals surface area (Å²) in [6.07, 6.45) is 58.2. The number of aliphatic hydroxyl groups excluding tert-OH is 1. The Bertz CT molecular complexity index is 1870. The summed E-state index contributed by atoms with van der Waals surface area (Å²) in [5.41, 5.74) is 0. The van der Waals surface area contributed by atoms with Gasteiger partial charge in [0.2, 0.25) is 0 Å². The SMILES string of the molecule is CCCCCCCCCCCCCCCCCCC(=O)OC[C@H](COP(=O)(O)OC[C@@H](O)COP(=O)(O)OC[C@@H](COC(=O)CCCCCCCCC(C)CC)OC(=O)CCCCCCCCCCCCCCC)OC(=O)CCCCCCCCCCCCCCCCCC(C)C. The lowest BCUT2D eigenvalue weighted by Crippen LogP contribution is -2.30. The number of esters is 4. The van der Waals surface area contributed by atoms with Crippen molar-refractivity contribution in [1.29, 1.82) is 0 Å². The van der Waals surface area contributed by atoms with E-state index in [1.165, 1.54) is 218 Å². The van der Waals surface area contributed by atoms with Crippen molar-refractivity contribution >= 4 is 39.5 Å². The second-order valence-electron chi connectivity index (χ2n) is 28.8. The molecule has 0 aliphatic heterocycles. The van der Waals surface area contributed by atoms with Gasteiger partial charge >= 0.3 is 39.5 Å². The van der Waals surface area contributed by atoms with Crippen molar-refractivity contribution in [3.63, 3.8) is 0 Å². The van der Waals surface area contributed by atoms with Crippen LogP contribution in [0.3, 0.4) is 0 Å². The van der Waals surface area contributed by atoms with Crippen molar-refractivity contribution in [2.45, 2.75) is 426 Å². The van der Waals surface area contributed by atoms with E-state index in [1.807, 2.05) is 0 Å². The van der Waals surface area contributed by atoms with Crippen molar-refractivity contribution in [2.75, 3.05) is 39.6 Å². The number of aliphatic hydroxyl groups is 1. The van der Waals surface area contributed by atoms with Crippen LogP contribution in [0.2, 0.25) is 0 Å². The van der Waals surface area contributed by atoms with E-state index in [4.69, 9.17) is 37.0 Å². The number of unbranched alkanes of at least 4 members (excludes halogenated alkanes) is 46. The largest absolute Gasteiger partial charge is 0.472 e. The summed E-state index contributed by atoms with van der Waals surface area (Å²) in [5, 5.41) is 10.6. The van der Waals surface area contributed by atoms with Crippen LogP contribution in [0.1, 0.15) is 408 Å². The molecular weight excluding hydrogens is 1270 g/mol. The van der Waals surface area contributed by atoms with E-state index in [0.717, 1.165) is 108 Å². The van der Waals surface area contributed by atoms with E-state index in [-0.39, 0.29) is 25.7 Å². The molecule has 0 bridgehead atoms. The van der Waals surface area contributed by atoms with E-state index < -0.39 is 97.5 Å². The van der Waals surface area contributed by atoms with Crippen molar-refractivity contribution in [1.82, 2.24) is 0 Å². The molecule has 0 amide bonds. The van der Waals surface area contributed by atoms with E-state index in [2.05, 4.69) is 41.5 Å². The molecule has 0 rings (SSSR count). The van der Waals surface area contributed by atoms with E-state index in [0.29, 0.717) is 25.7 Å². The van der Waals surface area contributed by atoms with Crippen molar-refractivity contribution in [3.8, 4) is 0 Å². The summed E-state index contributed by atoms with van der Waals surface area (Å²) >= 11 is 0. The number of rotatable bonds is 77. The van der Waals surface area contributed by atoms with Gasteiger partial charge in [0.15, 0.2) is 12.2 Å². The Kier molecular flexibility index (Phi) is 68.4. The van der Waals surface area contributed by atoms with Crippen molar-refractivity contribution in [2.24, 2.45) is 11.8 Å². The van der Waals surface area contributed by atoms with E-state index >= 15 is 0 Å². The minimum atomic E-state index is -4.96. The number of ether oxygens (including phenoxy) is 4. The molecule has 17 nitrogen and oxygen atoms in total. The maximum Gasteiger partial charge on any atom is 0.472 e. The van der Waals surface area contributed by atoms with Crippen LogP contribution in [0.25, 0.3) is 0 Å². The number of hydrogen-bond donors (Lipinski definition) is 3. The molecule has 0 spiro atoms. The zero-order valence-corrected chi connectivity index (χ0v) is 65.2. The molecule has 0 saturated carbocycles. The lowest BCUT2D eigenvalue weighted by atomic mass is 10.00. The van der Waals surface area contributed by atoms with Crippen LogP contribution in [-0.4, -0.2) is 96.7 Å². The number of phosphoric ester groups is 2. The molecule has 3 N–H and O–H groups in total. The smallest absolute Gasteiger partial charge is 0.462 e. The van der Waals surface area contributed by atoms with Crippen molar-refractivity contribution < 1.29 is 80.2 Å². The van der Waals surface area contributed by atoms with Gasteiger partial charge in [-0.15, -0.1) is 0 Å². The Morgan fingerprint density at radius 3 is 0.784 bits per heavy atom. The number of carbonyl (C=O) groups excluding carboxylic acids is 4. The zero-order valence-electron chi connectivity index (χ0n) is 63.4. The molecule has 576 valence electrons. The molecule has 0 aliphatic carbocycles. The van der Waals surface area contributed by atoms with Crippen LogP contribution in [0.4, 0.5) is 0 Å². The van der Waals surface area contributed by atoms with Gasteiger partial charge in [-0.1, -0.05) is 356 Å². The molecule has 0 saturated heterocycles. The molecule has 19 heteroatoms. The van der Waals surface area contributed by atoms with Crippen molar-refractivity contribution in [3.05, 3.63) is 0 Å². The highest BCUT2D eigenvalue weighted by atomic mass is 31.2. The summed E-state index contributed by atoms with van der Waals surface area (Å²) < 4.78 is 68.6. The Morgan fingerprint density at radius 2 is 0.526 bits per heavy atom. The van der Waals surface area contributed by atoms with Gasteiger partial charge < -0.3 is 33.8 Å². The van der Waals surface area contributed by atoms with E-state index in [9.17, 15) is 43.2 Å². The van der Waals surface area contributed by atoms with Crippen LogP contribution in [0.5, 0.6) is 0 Å². The molecule has 3 unspecified atom stereocenters. The van der Waals surface area contributed by atoms with Crippen LogP contribution in [-0.2, 0) is 65.4 Å². The highest BCUT2D eigenvalue weighted by Crippen LogP contribution is 2.45. The first kappa shape index (κ1) is 95.1. The second kappa shape index (κ2) is 69.8. The van der Waals surface area contributed by atoms with Gasteiger partial charge in [-0.2, -0.15) is 0 Å². The molecule has 0 fully saturated rings. The third-order valence-electron chi connectivity index (χ3n) is 18.6. The minimum Gasteiger partial charge on any atom is -0.462 e. The van der Waals surface area contributed by atoms with Crippen LogP contribution in [0, 0.1) is 11.8 Å². The lowest BCUT2D eigenvalue weighted by Gasteiger charge is -2.21. The molecule has 0 aliphatic rings. The third-order valence-corrected chi connectivity index (χ3v) is 20.5. The molecule has 0 heterocycles. The molecule has 0 radical (unpaired) electrons. The first-order valence-electron chi connectivity index (χ1n) is 40.5. The maximum absolute atomic E-state index is 13.1. The Balaban J connectivity index is 5.24. The van der Waals surface area contributed by atoms with Crippen LogP contribution >= 0.6 is 15.6 Å². The van der Waals surface area contributed by atoms with Gasteiger partial charge in [0.25, 0.3) is 0 Å². The summed E-state index contributed by atoms with van der Waals surface area (Å²) in [5.74, 6) is -0.578. The van der Waals surface area contributed by atoms with Gasteiger partial charge in [0.05, 0.1) is 26.4 Å². The number of hydrogen-bond acceptors (Lipinski definition) is 15. The minimum absolute atomic E-state index is 0.107. The average molecular weight is 1420 g/mol. The third kappa shape index (κ3) is 70.9. The maximum atomic E-state index is 13.1. The highest BCUT2D eigenvalue weighted by Gasteiger charge is 2.30. The molecule has 0 aromatic carbocycles. The van der Waals surface area contributed by atoms with Gasteiger partial charge in [0, 0.05) is 25.7 Å². The first-order valence-corrected chi connectivity index (χ1v) is 43.5. The molecule has 97 heavy (non-hydrogen) atoms. The summed E-state index contributed by atoms with van der Waals surface area (Å²) in [7, 11) is -9.91. The fourth-order valence-corrected chi connectivity index (χ4v) is 13.6. The Morgan fingerprint density at radius 1 is 0.299 bits per heavy atom. The quantitative estimate of drug-likeness (QED) is 0.0222. The zero-order chi connectivity index (χ0) is 71.4. The second-order valence-corrected chi connectivity index (χ2v) is 31.7. The molecule has 0 aromatic rings. The fourth-order valence-electron chi connectivity index (χ4n) is 12.0. The van der Waals surface area contributed by atoms with E-state index in [1.54, 1.807) is 0 Å². The molecule has 0 aromatic heterocycles. The van der Waals surface area contributed by atoms with Crippen LogP contribution < -0.4 is 0 Å². The Labute approximate surface area is 594 Å². The number of carbonyl (C=O) groups is 4. The number of phosphoric acid groups is 2. The van der Waals surface area contributed by atoms with Gasteiger partial charge in [-0.25, -0.2) is 9.13 Å². The predicted molar refractivity (Wildman–Crippen MR) is 395 cm³/mol. The standard InChI is InChI=1S/C78H152O17P2/c1-7-10-12-14-16-18-20-22-23-26-30-33-37-41-48-54-60-75(80)88-66-73(94-77(82)63-57-51-43-39-35-31-27-24-25-29-32-36-40-46-52-58-70(4)5)68-92-96(84,85)90-64-72(79)65-91-97(86,87)93-69-74(67-89-76(81)61-55-49-45-44-47-53-59-71(6)9-3)95-78(83)62-56-50-42-38-34-28-21-19-17-15-13-11-8-2/h70-74,79H,7-69H2,1-6H3,(H,84,85)(H,86,87)/t71?,72-,73-,74-/m1/s1. The summed E-state index contributed by atoms with van der Waals surface area (Å²) in [4.78, 5) is 72.9. The van der Waals surface area contributed by atoms with Gasteiger partial charge in [-0.3, -0.25) is 37.3 Å². The first-order chi connectivity index (χ1) is 46.9. The van der Waals surface area contributed by atoms with Gasteiger partial charge in [-0.05, 0) is 37.5 Å². The molecule has 6 atom stereocenters. The average Bonchev–Trinajstić information content (AvgIpc) is 1.34. The summed E-state index contributed by atoms with van der Waals surface area (Å²) in [6.45, 7) is 9.61. The predicted octanol–water partition coefficient (Wildman–Crippen LogP) is 23.1. The van der Waals surface area contributed by atoms with Gasteiger partial charge in [0.1, 0.15) is 19.3 Å². The normalized spacial score (nSPS) is 14.2. The Hall–Kier alpha value is -1.94. The summed E-state index contributed by atoms with van der Waals surface area (Å²) in [6, 6.07) is 0. The monoisotopic (exact) mass is 1420 g/mol. The topological polar surface area (TPSA) is 237 Å².